The first-order valence-electron chi connectivity index (χ1n) is 6.39. The van der Waals surface area contributed by atoms with Gasteiger partial charge >= 0.3 is 0 Å². The van der Waals surface area contributed by atoms with Crippen LogP contribution in [0.1, 0.15) is 22.8 Å². The molecule has 0 aliphatic rings. The molecule has 0 bridgehead atoms. The lowest BCUT2D eigenvalue weighted by molar-refractivity contribution is -0.105. The maximum Gasteiger partial charge on any atom is 0.274 e. The molecule has 0 saturated heterocycles. The standard InChI is InChI=1S/C16H17NO3/c1-12-8-10-15(11-9-12)19-13(2)20-17-16(18)14-6-4-3-5-7-14/h3-11,13H,1-2H3,(H,17,18). The Labute approximate surface area is 118 Å². The monoisotopic (exact) mass is 271 g/mol. The van der Waals surface area contributed by atoms with Crippen LogP contribution in [0.5, 0.6) is 5.75 Å². The summed E-state index contributed by atoms with van der Waals surface area (Å²) in [4.78, 5) is 16.9. The van der Waals surface area contributed by atoms with Gasteiger partial charge in [-0.25, -0.2) is 10.3 Å². The second-order valence-electron chi connectivity index (χ2n) is 4.41. The zero-order valence-corrected chi connectivity index (χ0v) is 11.5. The minimum absolute atomic E-state index is 0.301. The molecular formula is C16H17NO3. The lowest BCUT2D eigenvalue weighted by Crippen LogP contribution is -2.31. The average Bonchev–Trinajstić information content (AvgIpc) is 2.48. The van der Waals surface area contributed by atoms with Crippen molar-refractivity contribution in [3.05, 3.63) is 65.7 Å². The molecule has 0 aliphatic heterocycles. The van der Waals surface area contributed by atoms with Gasteiger partial charge in [-0.2, -0.15) is 0 Å². The molecule has 1 N–H and O–H groups in total. The molecular weight excluding hydrogens is 254 g/mol. The summed E-state index contributed by atoms with van der Waals surface area (Å²) < 4.78 is 5.52. The highest BCUT2D eigenvalue weighted by Gasteiger charge is 2.08. The lowest BCUT2D eigenvalue weighted by Gasteiger charge is -2.15. The maximum absolute atomic E-state index is 11.8. The third kappa shape index (κ3) is 4.10. The molecule has 0 spiro atoms. The molecule has 1 atom stereocenters. The van der Waals surface area contributed by atoms with E-state index in [4.69, 9.17) is 9.57 Å². The van der Waals surface area contributed by atoms with E-state index >= 15 is 0 Å². The summed E-state index contributed by atoms with van der Waals surface area (Å²) in [5, 5.41) is 0. The van der Waals surface area contributed by atoms with E-state index in [-0.39, 0.29) is 5.91 Å². The van der Waals surface area contributed by atoms with E-state index in [1.165, 1.54) is 0 Å². The molecule has 20 heavy (non-hydrogen) atoms. The van der Waals surface area contributed by atoms with Crippen LogP contribution in [0.2, 0.25) is 0 Å². The number of nitrogens with one attached hydrogen (secondary N) is 1. The number of hydrogen-bond donors (Lipinski definition) is 1. The van der Waals surface area contributed by atoms with Gasteiger partial charge in [0.05, 0.1) is 0 Å². The van der Waals surface area contributed by atoms with E-state index < -0.39 is 6.29 Å². The number of rotatable bonds is 5. The summed E-state index contributed by atoms with van der Waals surface area (Å²) in [5.74, 6) is 0.391. The van der Waals surface area contributed by atoms with E-state index in [9.17, 15) is 4.79 Å². The number of carbonyl (C=O) groups is 1. The highest BCUT2D eigenvalue weighted by molar-refractivity contribution is 5.93. The Morgan fingerprint density at radius 2 is 1.70 bits per heavy atom. The summed E-state index contributed by atoms with van der Waals surface area (Å²) in [6, 6.07) is 16.5. The average molecular weight is 271 g/mol. The summed E-state index contributed by atoms with van der Waals surface area (Å²) in [7, 11) is 0. The van der Waals surface area contributed by atoms with Gasteiger partial charge in [-0.05, 0) is 31.2 Å². The van der Waals surface area contributed by atoms with Gasteiger partial charge in [-0.1, -0.05) is 35.9 Å². The maximum atomic E-state index is 11.8. The van der Waals surface area contributed by atoms with Gasteiger partial charge in [0.1, 0.15) is 5.75 Å². The van der Waals surface area contributed by atoms with Crippen molar-refractivity contribution in [2.45, 2.75) is 20.1 Å². The van der Waals surface area contributed by atoms with E-state index in [0.29, 0.717) is 11.3 Å². The third-order valence-electron chi connectivity index (χ3n) is 2.68. The number of hydrogen-bond acceptors (Lipinski definition) is 3. The van der Waals surface area contributed by atoms with Crippen molar-refractivity contribution in [3.63, 3.8) is 0 Å². The normalized spacial score (nSPS) is 11.7. The number of aryl methyl sites for hydroxylation is 1. The Kier molecular flexibility index (Phi) is 4.74. The molecule has 0 radical (unpaired) electrons. The first-order chi connectivity index (χ1) is 9.65. The predicted molar refractivity (Wildman–Crippen MR) is 76.3 cm³/mol. The smallest absolute Gasteiger partial charge is 0.274 e. The SMILES string of the molecule is Cc1ccc(OC(C)ONC(=O)c2ccccc2)cc1. The molecule has 4 heteroatoms. The van der Waals surface area contributed by atoms with Crippen LogP contribution in [0.4, 0.5) is 0 Å². The lowest BCUT2D eigenvalue weighted by atomic mass is 10.2. The quantitative estimate of drug-likeness (QED) is 0.671. The van der Waals surface area contributed by atoms with Crippen LogP contribution in [0.15, 0.2) is 54.6 Å². The van der Waals surface area contributed by atoms with Crippen molar-refractivity contribution in [1.82, 2.24) is 5.48 Å². The van der Waals surface area contributed by atoms with E-state index in [1.54, 1.807) is 31.2 Å². The fourth-order valence-electron chi connectivity index (χ4n) is 1.62. The van der Waals surface area contributed by atoms with Gasteiger partial charge in [0.2, 0.25) is 6.29 Å². The molecule has 1 amide bonds. The first kappa shape index (κ1) is 14.1. The largest absolute Gasteiger partial charge is 0.463 e. The third-order valence-corrected chi connectivity index (χ3v) is 2.68. The van der Waals surface area contributed by atoms with Crippen LogP contribution < -0.4 is 10.2 Å². The molecule has 0 aromatic heterocycles. The highest BCUT2D eigenvalue weighted by Crippen LogP contribution is 2.13. The number of hydroxylamine groups is 1. The van der Waals surface area contributed by atoms with Gasteiger partial charge in [0.15, 0.2) is 0 Å². The molecule has 2 aromatic carbocycles. The molecule has 2 aromatic rings. The minimum atomic E-state index is -0.578. The molecule has 2 rings (SSSR count). The summed E-state index contributed by atoms with van der Waals surface area (Å²) >= 11 is 0. The van der Waals surface area contributed by atoms with E-state index in [2.05, 4.69) is 5.48 Å². The van der Waals surface area contributed by atoms with Crippen LogP contribution >= 0.6 is 0 Å². The molecule has 1 unspecified atom stereocenters. The van der Waals surface area contributed by atoms with Crippen molar-refractivity contribution < 1.29 is 14.4 Å². The van der Waals surface area contributed by atoms with Crippen LogP contribution in [-0.4, -0.2) is 12.2 Å². The second kappa shape index (κ2) is 6.73. The van der Waals surface area contributed by atoms with Gasteiger partial charge < -0.3 is 4.74 Å². The van der Waals surface area contributed by atoms with Gasteiger partial charge in [0, 0.05) is 12.5 Å². The zero-order chi connectivity index (χ0) is 14.4. The van der Waals surface area contributed by atoms with Crippen molar-refractivity contribution in [3.8, 4) is 5.75 Å². The Bertz CT molecular complexity index is 552. The minimum Gasteiger partial charge on any atom is -0.463 e. The van der Waals surface area contributed by atoms with Crippen molar-refractivity contribution in [1.29, 1.82) is 0 Å². The summed E-state index contributed by atoms with van der Waals surface area (Å²) in [6.07, 6.45) is -0.578. The molecule has 0 saturated carbocycles. The van der Waals surface area contributed by atoms with Crippen LogP contribution in [0, 0.1) is 6.92 Å². The van der Waals surface area contributed by atoms with Crippen LogP contribution in [-0.2, 0) is 4.84 Å². The Morgan fingerprint density at radius 3 is 2.35 bits per heavy atom. The number of benzene rings is 2. The second-order valence-corrected chi connectivity index (χ2v) is 4.41. The van der Waals surface area contributed by atoms with Crippen molar-refractivity contribution >= 4 is 5.91 Å². The Hall–Kier alpha value is -2.33. The van der Waals surface area contributed by atoms with Gasteiger partial charge in [-0.3, -0.25) is 4.79 Å². The van der Waals surface area contributed by atoms with Crippen LogP contribution in [0.25, 0.3) is 0 Å². The van der Waals surface area contributed by atoms with E-state index in [1.807, 2.05) is 37.3 Å². The fraction of sp³-hybridized carbons (Fsp3) is 0.188. The van der Waals surface area contributed by atoms with Gasteiger partial charge in [0.25, 0.3) is 5.91 Å². The van der Waals surface area contributed by atoms with Crippen molar-refractivity contribution in [2.24, 2.45) is 0 Å². The van der Waals surface area contributed by atoms with E-state index in [0.717, 1.165) is 5.56 Å². The molecule has 4 nitrogen and oxygen atoms in total. The van der Waals surface area contributed by atoms with Gasteiger partial charge in [-0.15, -0.1) is 0 Å². The van der Waals surface area contributed by atoms with Crippen molar-refractivity contribution in [2.75, 3.05) is 0 Å². The molecule has 0 aliphatic carbocycles. The number of carbonyl (C=O) groups excluding carboxylic acids is 1. The molecule has 0 fully saturated rings. The van der Waals surface area contributed by atoms with Crippen LogP contribution in [0.3, 0.4) is 0 Å². The number of ether oxygens (including phenoxy) is 1. The Balaban J connectivity index is 1.82. The summed E-state index contributed by atoms with van der Waals surface area (Å²) in [5.41, 5.74) is 4.06. The Morgan fingerprint density at radius 1 is 1.05 bits per heavy atom. The molecule has 104 valence electrons. The topological polar surface area (TPSA) is 47.6 Å². The zero-order valence-electron chi connectivity index (χ0n) is 11.5. The molecule has 0 heterocycles. The first-order valence-corrected chi connectivity index (χ1v) is 6.39. The number of amides is 1. The summed E-state index contributed by atoms with van der Waals surface area (Å²) in [6.45, 7) is 3.72. The highest BCUT2D eigenvalue weighted by atomic mass is 16.8. The predicted octanol–water partition coefficient (Wildman–Crippen LogP) is 3.08. The fourth-order valence-corrected chi connectivity index (χ4v) is 1.62.